The predicted molar refractivity (Wildman–Crippen MR) is 147 cm³/mol. The summed E-state index contributed by atoms with van der Waals surface area (Å²) in [4.78, 5) is 24.7. The zero-order valence-electron chi connectivity index (χ0n) is 21.4. The minimum Gasteiger partial charge on any atom is -0.450 e. The van der Waals surface area contributed by atoms with Crippen LogP contribution in [0, 0.1) is 19.3 Å². The molecule has 0 aliphatic rings. The lowest BCUT2D eigenvalue weighted by Gasteiger charge is -2.10. The molecule has 0 aliphatic carbocycles. The van der Waals surface area contributed by atoms with Crippen molar-refractivity contribution in [3.05, 3.63) is 77.4 Å². The molecule has 0 radical (unpaired) electrons. The number of carbonyl (C=O) groups is 1. The highest BCUT2D eigenvalue weighted by Gasteiger charge is 2.14. The van der Waals surface area contributed by atoms with E-state index in [0.717, 1.165) is 16.7 Å². The molecule has 1 amide bonds. The number of aryl methyl sites for hydroxylation is 2. The molecular formula is C27H29N7O4S. The Bertz CT molecular complexity index is 1590. The highest BCUT2D eigenvalue weighted by Crippen LogP contribution is 2.16. The normalized spacial score (nSPS) is 11.3. The van der Waals surface area contributed by atoms with Crippen LogP contribution in [0.4, 0.5) is 10.6 Å². The maximum atomic E-state index is 12.6. The number of aromatic nitrogens is 4. The molecule has 4 aromatic rings. The van der Waals surface area contributed by atoms with Crippen molar-refractivity contribution in [1.82, 2.24) is 29.6 Å². The maximum absolute atomic E-state index is 12.6. The third-order valence-electron chi connectivity index (χ3n) is 5.90. The Kier molecular flexibility index (Phi) is 8.75. The number of sulfonamides is 1. The molecule has 0 saturated carbocycles. The van der Waals surface area contributed by atoms with E-state index in [9.17, 15) is 13.2 Å². The van der Waals surface area contributed by atoms with E-state index in [1.54, 1.807) is 18.5 Å². The van der Waals surface area contributed by atoms with E-state index in [0.29, 0.717) is 30.6 Å². The topological polar surface area (TPSA) is 154 Å². The van der Waals surface area contributed by atoms with Crippen molar-refractivity contribution in [2.75, 3.05) is 12.3 Å². The number of imidazole rings is 1. The number of rotatable bonds is 11. The number of anilines is 1. The standard InChI is InChI=1S/C27H29N7O4S/c1-3-23-32-25(28)24-26(33-23)34(18-30-24)14-4-5-15-38-27(35)29-16-20-10-12-22(13-11-20)39(36,37)31-17-21-8-6-19(2)7-9-21/h1,6-13,18,31H,4-5,14-17H2,2H3,(H,29,35)(H2,28,32,33). The van der Waals surface area contributed by atoms with Gasteiger partial charge in [-0.2, -0.15) is 0 Å². The monoisotopic (exact) mass is 547 g/mol. The molecule has 12 heteroatoms. The van der Waals surface area contributed by atoms with E-state index in [-0.39, 0.29) is 36.2 Å². The number of terminal acetylenes is 1. The Morgan fingerprint density at radius 3 is 2.46 bits per heavy atom. The van der Waals surface area contributed by atoms with Gasteiger partial charge >= 0.3 is 6.09 Å². The van der Waals surface area contributed by atoms with Gasteiger partial charge in [0.25, 0.3) is 0 Å². The highest BCUT2D eigenvalue weighted by atomic mass is 32.2. The van der Waals surface area contributed by atoms with Gasteiger partial charge in [-0.05, 0) is 48.9 Å². The Hall–Kier alpha value is -4.47. The fourth-order valence-corrected chi connectivity index (χ4v) is 4.74. The van der Waals surface area contributed by atoms with Crippen LogP contribution in [0.15, 0.2) is 59.8 Å². The molecule has 2 aromatic carbocycles. The Labute approximate surface area is 226 Å². The van der Waals surface area contributed by atoms with Gasteiger partial charge in [0.1, 0.15) is 5.52 Å². The van der Waals surface area contributed by atoms with E-state index in [1.165, 1.54) is 12.1 Å². The molecule has 0 atom stereocenters. The van der Waals surface area contributed by atoms with E-state index in [4.69, 9.17) is 16.9 Å². The summed E-state index contributed by atoms with van der Waals surface area (Å²) >= 11 is 0. The molecule has 0 aliphatic heterocycles. The van der Waals surface area contributed by atoms with Crippen molar-refractivity contribution in [2.24, 2.45) is 0 Å². The summed E-state index contributed by atoms with van der Waals surface area (Å²) < 4.78 is 34.8. The summed E-state index contributed by atoms with van der Waals surface area (Å²) in [5.74, 6) is 2.81. The van der Waals surface area contributed by atoms with Gasteiger partial charge in [-0.25, -0.2) is 32.9 Å². The SMILES string of the molecule is C#Cc1nc(N)c2ncn(CCCCOC(=O)NCc3ccc(S(=O)(=O)NCc4ccc(C)cc4)cc3)c2n1. The smallest absolute Gasteiger partial charge is 0.407 e. The fraction of sp³-hybridized carbons (Fsp3) is 0.259. The van der Waals surface area contributed by atoms with Crippen molar-refractivity contribution in [3.63, 3.8) is 0 Å². The van der Waals surface area contributed by atoms with Crippen molar-refractivity contribution < 1.29 is 17.9 Å². The van der Waals surface area contributed by atoms with Crippen molar-refractivity contribution in [3.8, 4) is 12.3 Å². The molecule has 0 unspecified atom stereocenters. The van der Waals surface area contributed by atoms with E-state index in [1.807, 2.05) is 35.8 Å². The van der Waals surface area contributed by atoms with Gasteiger partial charge < -0.3 is 20.4 Å². The third-order valence-corrected chi connectivity index (χ3v) is 7.32. The van der Waals surface area contributed by atoms with Gasteiger partial charge in [-0.1, -0.05) is 42.0 Å². The first kappa shape index (κ1) is 27.6. The second-order valence-corrected chi connectivity index (χ2v) is 10.6. The molecule has 0 saturated heterocycles. The lowest BCUT2D eigenvalue weighted by Crippen LogP contribution is -2.25. The first-order valence-corrected chi connectivity index (χ1v) is 13.7. The number of nitrogen functional groups attached to an aromatic ring is 1. The quantitative estimate of drug-likeness (QED) is 0.191. The fourth-order valence-electron chi connectivity index (χ4n) is 3.72. The van der Waals surface area contributed by atoms with Crippen molar-refractivity contribution >= 4 is 33.1 Å². The van der Waals surface area contributed by atoms with Crippen LogP contribution in [-0.4, -0.2) is 40.6 Å². The van der Waals surface area contributed by atoms with Crippen LogP contribution in [-0.2, 0) is 34.4 Å². The number of ether oxygens (including phenoxy) is 1. The number of hydrogen-bond acceptors (Lipinski definition) is 8. The summed E-state index contributed by atoms with van der Waals surface area (Å²) in [6.45, 7) is 3.20. The van der Waals surface area contributed by atoms with Crippen LogP contribution < -0.4 is 15.8 Å². The summed E-state index contributed by atoms with van der Waals surface area (Å²) in [5, 5.41) is 2.66. The number of fused-ring (bicyclic) bond motifs is 1. The molecule has 4 N–H and O–H groups in total. The van der Waals surface area contributed by atoms with E-state index < -0.39 is 16.1 Å². The van der Waals surface area contributed by atoms with Gasteiger partial charge in [0.2, 0.25) is 15.8 Å². The summed E-state index contributed by atoms with van der Waals surface area (Å²) in [6.07, 6.45) is 7.78. The number of carbonyl (C=O) groups excluding carboxylic acids is 1. The zero-order valence-corrected chi connectivity index (χ0v) is 22.2. The molecule has 2 heterocycles. The second kappa shape index (κ2) is 12.4. The summed E-state index contributed by atoms with van der Waals surface area (Å²) in [7, 11) is -3.66. The van der Waals surface area contributed by atoms with Crippen LogP contribution >= 0.6 is 0 Å². The molecule has 202 valence electrons. The molecule has 11 nitrogen and oxygen atoms in total. The highest BCUT2D eigenvalue weighted by molar-refractivity contribution is 7.89. The maximum Gasteiger partial charge on any atom is 0.407 e. The number of nitrogens with zero attached hydrogens (tertiary/aromatic N) is 4. The third kappa shape index (κ3) is 7.31. The van der Waals surface area contributed by atoms with Crippen LogP contribution in [0.3, 0.4) is 0 Å². The van der Waals surface area contributed by atoms with Crippen LogP contribution in [0.25, 0.3) is 11.2 Å². The molecule has 2 aromatic heterocycles. The number of unbranched alkanes of at least 4 members (excludes halogenated alkanes) is 1. The minimum atomic E-state index is -3.66. The van der Waals surface area contributed by atoms with Gasteiger partial charge in [0.15, 0.2) is 11.5 Å². The second-order valence-electron chi connectivity index (χ2n) is 8.84. The first-order valence-electron chi connectivity index (χ1n) is 12.2. The van der Waals surface area contributed by atoms with Gasteiger partial charge in [-0.3, -0.25) is 0 Å². The molecule has 4 rings (SSSR count). The first-order chi connectivity index (χ1) is 18.7. The molecule has 0 fully saturated rings. The largest absolute Gasteiger partial charge is 0.450 e. The molecule has 39 heavy (non-hydrogen) atoms. The lowest BCUT2D eigenvalue weighted by atomic mass is 10.2. The minimum absolute atomic E-state index is 0.149. The van der Waals surface area contributed by atoms with E-state index in [2.05, 4.69) is 30.9 Å². The Balaban J connectivity index is 1.17. The van der Waals surface area contributed by atoms with E-state index >= 15 is 0 Å². The number of nitrogens with one attached hydrogen (secondary N) is 2. The van der Waals surface area contributed by atoms with Gasteiger partial charge in [0.05, 0.1) is 17.8 Å². The van der Waals surface area contributed by atoms with Crippen molar-refractivity contribution in [1.29, 1.82) is 0 Å². The summed E-state index contributed by atoms with van der Waals surface area (Å²) in [5.41, 5.74) is 9.65. The lowest BCUT2D eigenvalue weighted by molar-refractivity contribution is 0.143. The Morgan fingerprint density at radius 1 is 1.05 bits per heavy atom. The number of alkyl carbamates (subject to hydrolysis) is 1. The molecular weight excluding hydrogens is 518 g/mol. The average molecular weight is 548 g/mol. The molecule has 0 spiro atoms. The zero-order chi connectivity index (χ0) is 27.8. The van der Waals surface area contributed by atoms with Gasteiger partial charge in [-0.15, -0.1) is 6.42 Å². The summed E-state index contributed by atoms with van der Waals surface area (Å²) in [6, 6.07) is 13.9. The Morgan fingerprint density at radius 2 is 1.74 bits per heavy atom. The van der Waals surface area contributed by atoms with Crippen LogP contribution in [0.5, 0.6) is 0 Å². The predicted octanol–water partition coefficient (Wildman–Crippen LogP) is 2.88. The molecule has 0 bridgehead atoms. The van der Waals surface area contributed by atoms with Crippen LogP contribution in [0.1, 0.15) is 35.4 Å². The number of nitrogens with two attached hydrogens (primary N) is 1. The van der Waals surface area contributed by atoms with Gasteiger partial charge in [0, 0.05) is 19.6 Å². The number of hydrogen-bond donors (Lipinski definition) is 3. The van der Waals surface area contributed by atoms with Crippen molar-refractivity contribution in [2.45, 2.75) is 44.3 Å². The average Bonchev–Trinajstić information content (AvgIpc) is 3.35. The number of benzene rings is 2. The van der Waals surface area contributed by atoms with Crippen LogP contribution in [0.2, 0.25) is 0 Å². The number of amides is 1.